The van der Waals surface area contributed by atoms with E-state index in [-0.39, 0.29) is 6.04 Å². The van der Waals surface area contributed by atoms with E-state index >= 15 is 0 Å². The van der Waals surface area contributed by atoms with Gasteiger partial charge in [0.05, 0.1) is 24.2 Å². The topological polar surface area (TPSA) is 41.7 Å². The van der Waals surface area contributed by atoms with Crippen molar-refractivity contribution in [2.24, 2.45) is 5.73 Å². The molecule has 2 aliphatic heterocycles. The highest BCUT2D eigenvalue weighted by atomic mass is 32.1. The molecule has 2 heterocycles. The van der Waals surface area contributed by atoms with E-state index in [2.05, 4.69) is 16.7 Å². The summed E-state index contributed by atoms with van der Waals surface area (Å²) in [5.74, 6) is 0. The molecule has 2 rings (SSSR count). The van der Waals surface area contributed by atoms with Gasteiger partial charge in [-0.25, -0.2) is 0 Å². The first-order valence-corrected chi connectivity index (χ1v) is 6.98. The molecule has 0 bridgehead atoms. The highest BCUT2D eigenvalue weighted by Gasteiger charge is 2.32. The molecule has 4 nitrogen and oxygen atoms in total. The molecular formula is C12H23N3OS. The number of hydrogen-bond donors (Lipinski definition) is 1. The second-order valence-corrected chi connectivity index (χ2v) is 5.38. The summed E-state index contributed by atoms with van der Waals surface area (Å²) in [6.45, 7) is 8.29. The van der Waals surface area contributed by atoms with Gasteiger partial charge in [0.15, 0.2) is 0 Å². The molecule has 5 heteroatoms. The van der Waals surface area contributed by atoms with Gasteiger partial charge >= 0.3 is 0 Å². The zero-order chi connectivity index (χ0) is 12.3. The van der Waals surface area contributed by atoms with Crippen LogP contribution in [0, 0.1) is 0 Å². The third-order valence-electron chi connectivity index (χ3n) is 3.91. The van der Waals surface area contributed by atoms with Gasteiger partial charge < -0.3 is 10.5 Å². The molecular weight excluding hydrogens is 234 g/mol. The van der Waals surface area contributed by atoms with Crippen molar-refractivity contribution < 1.29 is 4.74 Å². The van der Waals surface area contributed by atoms with Crippen molar-refractivity contribution in [1.29, 1.82) is 0 Å². The van der Waals surface area contributed by atoms with Crippen LogP contribution in [0.1, 0.15) is 19.8 Å². The fraction of sp³-hybridized carbons (Fsp3) is 0.917. The van der Waals surface area contributed by atoms with Crippen LogP contribution >= 0.6 is 12.2 Å². The molecule has 0 amide bonds. The van der Waals surface area contributed by atoms with E-state index in [0.29, 0.717) is 11.0 Å². The first kappa shape index (κ1) is 13.2. The Morgan fingerprint density at radius 1 is 1.41 bits per heavy atom. The molecule has 0 spiro atoms. The van der Waals surface area contributed by atoms with Gasteiger partial charge in [-0.1, -0.05) is 19.1 Å². The molecule has 0 aromatic heterocycles. The van der Waals surface area contributed by atoms with Crippen molar-refractivity contribution >= 4 is 17.2 Å². The quantitative estimate of drug-likeness (QED) is 0.741. The predicted octanol–water partition coefficient (Wildman–Crippen LogP) is 0.458. The Morgan fingerprint density at radius 3 is 2.71 bits per heavy atom. The molecule has 0 aromatic rings. The van der Waals surface area contributed by atoms with Gasteiger partial charge in [0, 0.05) is 32.2 Å². The van der Waals surface area contributed by atoms with Crippen molar-refractivity contribution in [2.45, 2.75) is 31.8 Å². The summed E-state index contributed by atoms with van der Waals surface area (Å²) in [5, 5.41) is 0. The molecule has 0 aromatic carbocycles. The molecule has 2 N–H and O–H groups in total. The summed E-state index contributed by atoms with van der Waals surface area (Å²) < 4.78 is 5.40. The standard InChI is InChI=1S/C12H23N3OS/c1-2-11(12(13)17)15-4-3-10(9-15)14-5-7-16-8-6-14/h10-11H,2-9H2,1H3,(H2,13,17). The normalized spacial score (nSPS) is 29.4. The van der Waals surface area contributed by atoms with Crippen molar-refractivity contribution in [3.05, 3.63) is 0 Å². The monoisotopic (exact) mass is 257 g/mol. The fourth-order valence-corrected chi connectivity index (χ4v) is 3.25. The minimum absolute atomic E-state index is 0.288. The maximum atomic E-state index is 5.81. The summed E-state index contributed by atoms with van der Waals surface area (Å²) >= 11 is 5.15. The molecule has 2 aliphatic rings. The lowest BCUT2D eigenvalue weighted by Crippen LogP contribution is -2.47. The summed E-state index contributed by atoms with van der Waals surface area (Å²) in [7, 11) is 0. The molecule has 2 saturated heterocycles. The van der Waals surface area contributed by atoms with E-state index in [9.17, 15) is 0 Å². The Bertz CT molecular complexity index is 268. The maximum absolute atomic E-state index is 5.81. The Kier molecular flexibility index (Phi) is 4.73. The molecule has 2 unspecified atom stereocenters. The molecule has 17 heavy (non-hydrogen) atoms. The van der Waals surface area contributed by atoms with Crippen LogP contribution < -0.4 is 5.73 Å². The van der Waals surface area contributed by atoms with Gasteiger partial charge in [-0.3, -0.25) is 9.80 Å². The Balaban J connectivity index is 1.87. The predicted molar refractivity (Wildman–Crippen MR) is 73.2 cm³/mol. The molecule has 2 atom stereocenters. The lowest BCUT2D eigenvalue weighted by atomic mass is 10.2. The number of morpholine rings is 1. The van der Waals surface area contributed by atoms with Crippen LogP contribution in [0.4, 0.5) is 0 Å². The van der Waals surface area contributed by atoms with Crippen LogP contribution in [-0.2, 0) is 4.74 Å². The van der Waals surface area contributed by atoms with E-state index in [0.717, 1.165) is 45.8 Å². The number of nitrogens with zero attached hydrogens (tertiary/aromatic N) is 2. The molecule has 0 radical (unpaired) electrons. The number of ether oxygens (including phenoxy) is 1. The lowest BCUT2D eigenvalue weighted by Gasteiger charge is -2.33. The zero-order valence-electron chi connectivity index (χ0n) is 10.6. The summed E-state index contributed by atoms with van der Waals surface area (Å²) in [6.07, 6.45) is 2.25. The van der Waals surface area contributed by atoms with Gasteiger partial charge in [0.25, 0.3) is 0 Å². The molecule has 0 aliphatic carbocycles. The Morgan fingerprint density at radius 2 is 2.12 bits per heavy atom. The van der Waals surface area contributed by atoms with Crippen molar-refractivity contribution in [3.8, 4) is 0 Å². The average Bonchev–Trinajstić information content (AvgIpc) is 2.80. The smallest absolute Gasteiger partial charge is 0.0901 e. The van der Waals surface area contributed by atoms with Crippen LogP contribution in [0.15, 0.2) is 0 Å². The summed E-state index contributed by atoms with van der Waals surface area (Å²) in [4.78, 5) is 5.65. The van der Waals surface area contributed by atoms with Crippen molar-refractivity contribution in [2.75, 3.05) is 39.4 Å². The van der Waals surface area contributed by atoms with Crippen LogP contribution in [0.25, 0.3) is 0 Å². The number of hydrogen-bond acceptors (Lipinski definition) is 4. The second-order valence-electron chi connectivity index (χ2n) is 4.91. The van der Waals surface area contributed by atoms with Crippen molar-refractivity contribution in [1.82, 2.24) is 9.80 Å². The minimum Gasteiger partial charge on any atom is -0.392 e. The van der Waals surface area contributed by atoms with Crippen molar-refractivity contribution in [3.63, 3.8) is 0 Å². The van der Waals surface area contributed by atoms with Crippen LogP contribution in [0.5, 0.6) is 0 Å². The van der Waals surface area contributed by atoms with Gasteiger partial charge in [-0.2, -0.15) is 0 Å². The average molecular weight is 257 g/mol. The maximum Gasteiger partial charge on any atom is 0.0901 e. The molecule has 2 fully saturated rings. The number of nitrogens with two attached hydrogens (primary N) is 1. The van der Waals surface area contributed by atoms with E-state index in [1.54, 1.807) is 0 Å². The first-order valence-electron chi connectivity index (χ1n) is 6.57. The second kappa shape index (κ2) is 6.09. The fourth-order valence-electron chi connectivity index (χ4n) is 2.93. The van der Waals surface area contributed by atoms with E-state index in [4.69, 9.17) is 22.7 Å². The third kappa shape index (κ3) is 3.16. The van der Waals surface area contributed by atoms with Gasteiger partial charge in [0.1, 0.15) is 0 Å². The Labute approximate surface area is 109 Å². The number of likely N-dealkylation sites (tertiary alicyclic amines) is 1. The minimum atomic E-state index is 0.288. The number of thiocarbonyl (C=S) groups is 1. The van der Waals surface area contributed by atoms with Gasteiger partial charge in [0.2, 0.25) is 0 Å². The SMILES string of the molecule is CCC(C(N)=S)N1CCC(N2CCOCC2)C1. The number of rotatable bonds is 4. The Hall–Kier alpha value is -0.230. The highest BCUT2D eigenvalue weighted by Crippen LogP contribution is 2.20. The van der Waals surface area contributed by atoms with E-state index in [1.807, 2.05) is 0 Å². The van der Waals surface area contributed by atoms with Crippen LogP contribution in [0.2, 0.25) is 0 Å². The first-order chi connectivity index (χ1) is 8.22. The summed E-state index contributed by atoms with van der Waals surface area (Å²) in [6, 6.07) is 0.957. The van der Waals surface area contributed by atoms with Gasteiger partial charge in [-0.05, 0) is 12.8 Å². The highest BCUT2D eigenvalue weighted by molar-refractivity contribution is 7.80. The molecule has 0 saturated carbocycles. The van der Waals surface area contributed by atoms with Crippen LogP contribution in [0.3, 0.4) is 0 Å². The zero-order valence-corrected chi connectivity index (χ0v) is 11.4. The van der Waals surface area contributed by atoms with E-state index < -0.39 is 0 Å². The van der Waals surface area contributed by atoms with E-state index in [1.165, 1.54) is 6.42 Å². The van der Waals surface area contributed by atoms with Gasteiger partial charge in [-0.15, -0.1) is 0 Å². The molecule has 98 valence electrons. The largest absolute Gasteiger partial charge is 0.392 e. The lowest BCUT2D eigenvalue weighted by molar-refractivity contribution is 0.0181. The van der Waals surface area contributed by atoms with Crippen LogP contribution in [-0.4, -0.2) is 66.3 Å². The summed E-state index contributed by atoms with van der Waals surface area (Å²) in [5.41, 5.74) is 5.81. The third-order valence-corrected chi connectivity index (χ3v) is 4.18.